The molecule has 5 nitrogen and oxygen atoms in total. The zero-order chi connectivity index (χ0) is 24.2. The van der Waals surface area contributed by atoms with Gasteiger partial charge in [0.25, 0.3) is 5.91 Å². The highest BCUT2D eigenvalue weighted by molar-refractivity contribution is 9.10. The number of halogens is 3. The number of carbonyl (C=O) groups excluding carboxylic acids is 1. The fourth-order valence-electron chi connectivity index (χ4n) is 3.21. The third-order valence-corrected chi connectivity index (χ3v) is 7.26. The maximum absolute atomic E-state index is 12.5. The van der Waals surface area contributed by atoms with E-state index < -0.39 is 0 Å². The van der Waals surface area contributed by atoms with Crippen molar-refractivity contribution in [2.45, 2.75) is 13.5 Å². The van der Waals surface area contributed by atoms with Crippen molar-refractivity contribution in [2.75, 3.05) is 7.11 Å². The number of hydrogen-bond acceptors (Lipinski definition) is 5. The summed E-state index contributed by atoms with van der Waals surface area (Å²) < 4.78 is 12.3. The van der Waals surface area contributed by atoms with Crippen LogP contribution in [0.4, 0.5) is 5.69 Å². The first-order valence-electron chi connectivity index (χ1n) is 10.1. The Bertz CT molecular complexity index is 1330. The number of methoxy groups -OCH3 is 1. The van der Waals surface area contributed by atoms with Gasteiger partial charge in [-0.2, -0.15) is 0 Å². The summed E-state index contributed by atoms with van der Waals surface area (Å²) in [5, 5.41) is 3.90. The summed E-state index contributed by atoms with van der Waals surface area (Å²) in [5.74, 6) is 0.901. The van der Waals surface area contributed by atoms with E-state index in [0.717, 1.165) is 15.6 Å². The van der Waals surface area contributed by atoms with Crippen molar-refractivity contribution in [2.24, 2.45) is 4.99 Å². The van der Waals surface area contributed by atoms with Crippen LogP contribution in [0.2, 0.25) is 10.0 Å². The van der Waals surface area contributed by atoms with Crippen molar-refractivity contribution in [3.8, 4) is 11.5 Å². The lowest BCUT2D eigenvalue weighted by atomic mass is 10.1. The Morgan fingerprint density at radius 1 is 1.12 bits per heavy atom. The number of rotatable bonds is 6. The number of hydrogen-bond donors (Lipinski definition) is 1. The van der Waals surface area contributed by atoms with Crippen molar-refractivity contribution in [3.05, 3.63) is 90.7 Å². The summed E-state index contributed by atoms with van der Waals surface area (Å²) in [6.07, 6.45) is 1.76. The highest BCUT2D eigenvalue weighted by atomic mass is 79.9. The lowest BCUT2D eigenvalue weighted by molar-refractivity contribution is -0.115. The summed E-state index contributed by atoms with van der Waals surface area (Å²) in [6.45, 7) is 2.45. The van der Waals surface area contributed by atoms with E-state index in [4.69, 9.17) is 32.7 Å². The molecule has 9 heteroatoms. The minimum absolute atomic E-state index is 0.257. The zero-order valence-electron chi connectivity index (χ0n) is 18.2. The van der Waals surface area contributed by atoms with Crippen LogP contribution >= 0.6 is 50.9 Å². The van der Waals surface area contributed by atoms with Crippen LogP contribution in [0, 0.1) is 6.92 Å². The summed E-state index contributed by atoms with van der Waals surface area (Å²) >= 11 is 17.1. The van der Waals surface area contributed by atoms with Gasteiger partial charge in [0.05, 0.1) is 27.7 Å². The van der Waals surface area contributed by atoms with Crippen LogP contribution in [0.25, 0.3) is 6.08 Å². The van der Waals surface area contributed by atoms with Gasteiger partial charge in [-0.3, -0.25) is 4.79 Å². The van der Waals surface area contributed by atoms with E-state index in [0.29, 0.717) is 43.9 Å². The van der Waals surface area contributed by atoms with Gasteiger partial charge >= 0.3 is 0 Å². The Balaban J connectivity index is 1.55. The fourth-order valence-corrected chi connectivity index (χ4v) is 4.81. The third kappa shape index (κ3) is 5.78. The van der Waals surface area contributed by atoms with Crippen LogP contribution in [0.3, 0.4) is 0 Å². The third-order valence-electron chi connectivity index (χ3n) is 4.85. The molecule has 1 saturated heterocycles. The average Bonchev–Trinajstić information content (AvgIpc) is 3.15. The molecule has 0 saturated carbocycles. The number of nitrogens with zero attached hydrogens (tertiary/aromatic N) is 1. The van der Waals surface area contributed by atoms with E-state index in [1.807, 2.05) is 37.3 Å². The second-order valence-corrected chi connectivity index (χ2v) is 10.0. The van der Waals surface area contributed by atoms with E-state index in [-0.39, 0.29) is 5.91 Å². The number of amidine groups is 1. The highest BCUT2D eigenvalue weighted by Crippen LogP contribution is 2.38. The highest BCUT2D eigenvalue weighted by Gasteiger charge is 2.25. The molecular formula is C25H19BrCl2N2O3S. The lowest BCUT2D eigenvalue weighted by Gasteiger charge is -2.13. The van der Waals surface area contributed by atoms with E-state index >= 15 is 0 Å². The molecule has 1 fully saturated rings. The monoisotopic (exact) mass is 576 g/mol. The first kappa shape index (κ1) is 24.7. The van der Waals surface area contributed by atoms with Crippen LogP contribution in [0.5, 0.6) is 11.5 Å². The lowest BCUT2D eigenvalue weighted by Crippen LogP contribution is -2.19. The van der Waals surface area contributed by atoms with Crippen molar-refractivity contribution >= 4 is 73.7 Å². The van der Waals surface area contributed by atoms with Gasteiger partial charge in [0.2, 0.25) is 0 Å². The molecular weight excluding hydrogens is 559 g/mol. The summed E-state index contributed by atoms with van der Waals surface area (Å²) in [5.41, 5.74) is 3.48. The second kappa shape index (κ2) is 10.9. The molecule has 0 radical (unpaired) electrons. The SMILES string of the molecule is COc1cc(/C=C2/SC(=Nc3cccc(Cl)c3Cl)NC2=O)c(Br)cc1OCc1cccc(C)c1. The summed E-state index contributed by atoms with van der Waals surface area (Å²) in [4.78, 5) is 17.4. The largest absolute Gasteiger partial charge is 0.493 e. The molecule has 0 atom stereocenters. The number of aryl methyl sites for hydroxylation is 1. The van der Waals surface area contributed by atoms with Gasteiger partial charge in [0, 0.05) is 4.47 Å². The van der Waals surface area contributed by atoms with Crippen molar-refractivity contribution in [1.82, 2.24) is 5.32 Å². The minimum atomic E-state index is -0.257. The van der Waals surface area contributed by atoms with Crippen LogP contribution in [-0.4, -0.2) is 18.2 Å². The predicted octanol–water partition coefficient (Wildman–Crippen LogP) is 7.54. The number of thioether (sulfide) groups is 1. The first-order chi connectivity index (χ1) is 16.3. The van der Waals surface area contributed by atoms with E-state index in [1.54, 1.807) is 31.4 Å². The predicted molar refractivity (Wildman–Crippen MR) is 143 cm³/mol. The Labute approximate surface area is 220 Å². The first-order valence-corrected chi connectivity index (χ1v) is 12.5. The number of amides is 1. The maximum Gasteiger partial charge on any atom is 0.264 e. The molecule has 0 bridgehead atoms. The molecule has 1 amide bonds. The molecule has 3 aromatic rings. The van der Waals surface area contributed by atoms with Crippen molar-refractivity contribution in [3.63, 3.8) is 0 Å². The molecule has 1 aliphatic heterocycles. The fraction of sp³-hybridized carbons (Fsp3) is 0.120. The number of ether oxygens (including phenoxy) is 2. The molecule has 4 rings (SSSR count). The van der Waals surface area contributed by atoms with Gasteiger partial charge in [-0.1, -0.05) is 75.0 Å². The van der Waals surface area contributed by atoms with E-state index in [9.17, 15) is 4.79 Å². The van der Waals surface area contributed by atoms with Crippen molar-refractivity contribution in [1.29, 1.82) is 0 Å². The Hall–Kier alpha value is -2.45. The maximum atomic E-state index is 12.5. The van der Waals surface area contributed by atoms with Crippen LogP contribution in [-0.2, 0) is 11.4 Å². The second-order valence-electron chi connectivity index (χ2n) is 7.36. The Morgan fingerprint density at radius 2 is 1.91 bits per heavy atom. The van der Waals surface area contributed by atoms with Gasteiger partial charge in [-0.15, -0.1) is 0 Å². The van der Waals surface area contributed by atoms with Gasteiger partial charge < -0.3 is 14.8 Å². The Morgan fingerprint density at radius 3 is 2.68 bits per heavy atom. The number of benzene rings is 3. The summed E-state index contributed by atoms with van der Waals surface area (Å²) in [6, 6.07) is 16.9. The number of carbonyl (C=O) groups is 1. The Kier molecular flexibility index (Phi) is 7.88. The van der Waals surface area contributed by atoms with Gasteiger partial charge in [-0.25, -0.2) is 4.99 Å². The molecule has 3 aromatic carbocycles. The minimum Gasteiger partial charge on any atom is -0.493 e. The normalized spacial score (nSPS) is 15.6. The molecule has 1 aliphatic rings. The molecule has 0 unspecified atom stereocenters. The molecule has 0 aliphatic carbocycles. The standard InChI is InChI=1S/C25H19BrCl2N2O3S/c1-14-5-3-6-15(9-14)13-33-21-12-17(26)16(10-20(21)32-2)11-22-24(31)30-25(34-22)29-19-8-4-7-18(27)23(19)28/h3-12H,13H2,1-2H3,(H,29,30,31)/b22-11+. The summed E-state index contributed by atoms with van der Waals surface area (Å²) in [7, 11) is 1.58. The zero-order valence-corrected chi connectivity index (χ0v) is 22.1. The number of nitrogens with one attached hydrogen (secondary N) is 1. The average molecular weight is 578 g/mol. The molecule has 1 N–H and O–H groups in total. The molecule has 174 valence electrons. The number of aliphatic imine (C=N–C) groups is 1. The van der Waals surface area contributed by atoms with Gasteiger partial charge in [-0.05, 0) is 60.2 Å². The van der Waals surface area contributed by atoms with Gasteiger partial charge in [0.15, 0.2) is 16.7 Å². The van der Waals surface area contributed by atoms with E-state index in [2.05, 4.69) is 32.3 Å². The topological polar surface area (TPSA) is 59.9 Å². The quantitative estimate of drug-likeness (QED) is 0.307. The molecule has 0 aromatic heterocycles. The van der Waals surface area contributed by atoms with Crippen LogP contribution < -0.4 is 14.8 Å². The van der Waals surface area contributed by atoms with Gasteiger partial charge in [0.1, 0.15) is 6.61 Å². The van der Waals surface area contributed by atoms with E-state index in [1.165, 1.54) is 17.3 Å². The van der Waals surface area contributed by atoms with Crippen molar-refractivity contribution < 1.29 is 14.3 Å². The van der Waals surface area contributed by atoms with Crippen LogP contribution in [0.1, 0.15) is 16.7 Å². The molecule has 0 spiro atoms. The van der Waals surface area contributed by atoms with Crippen LogP contribution in [0.15, 0.2) is 69.0 Å². The molecule has 34 heavy (non-hydrogen) atoms. The smallest absolute Gasteiger partial charge is 0.264 e. The molecule has 1 heterocycles.